The second-order valence-electron chi connectivity index (χ2n) is 5.10. The molecule has 106 valence electrons. The number of amides is 2. The quantitative estimate of drug-likeness (QED) is 0.886. The first-order valence-electron chi connectivity index (χ1n) is 6.72. The summed E-state index contributed by atoms with van der Waals surface area (Å²) in [4.78, 5) is 15.1. The molecule has 2 amide bonds. The summed E-state index contributed by atoms with van der Waals surface area (Å²) in [5.74, 6) is 0. The average molecular weight is 282 g/mol. The Bertz CT molecular complexity index is 426. The first-order valence-corrected chi connectivity index (χ1v) is 7.50. The highest BCUT2D eigenvalue weighted by atomic mass is 32.1. The van der Waals surface area contributed by atoms with Crippen LogP contribution in [-0.4, -0.2) is 41.5 Å². The lowest BCUT2D eigenvalue weighted by atomic mass is 10.0. The van der Waals surface area contributed by atoms with Crippen molar-refractivity contribution in [3.8, 4) is 0 Å². The highest BCUT2D eigenvalue weighted by Crippen LogP contribution is 2.21. The number of piperidine rings is 1. The number of carbonyl (C=O) groups is 1. The molecule has 2 N–H and O–H groups in total. The van der Waals surface area contributed by atoms with Crippen LogP contribution in [0.25, 0.3) is 0 Å². The summed E-state index contributed by atoms with van der Waals surface area (Å²) >= 11 is 1.58. The summed E-state index contributed by atoms with van der Waals surface area (Å²) in [6.07, 6.45) is 2.19. The van der Waals surface area contributed by atoms with Crippen molar-refractivity contribution in [1.29, 1.82) is 0 Å². The zero-order valence-corrected chi connectivity index (χ0v) is 12.6. The highest BCUT2D eigenvalue weighted by Gasteiger charge is 2.22. The molecule has 1 saturated heterocycles. The molecule has 1 fully saturated rings. The molecule has 0 unspecified atom stereocenters. The van der Waals surface area contributed by atoms with Gasteiger partial charge in [-0.15, -0.1) is 0 Å². The van der Waals surface area contributed by atoms with E-state index in [4.69, 9.17) is 0 Å². The Hall–Kier alpha value is -1.14. The van der Waals surface area contributed by atoms with Crippen LogP contribution in [-0.2, 0) is 6.54 Å². The molecule has 0 bridgehead atoms. The zero-order valence-electron chi connectivity index (χ0n) is 11.8. The number of nitrogens with one attached hydrogen (secondary N) is 2. The van der Waals surface area contributed by atoms with Crippen molar-refractivity contribution >= 4 is 17.6 Å². The molecule has 0 aromatic carbocycles. The van der Waals surface area contributed by atoms with Gasteiger partial charge in [0.15, 0.2) is 0 Å². The minimum Gasteiger partial charge on any atom is -0.341 e. The van der Waals surface area contributed by atoms with E-state index in [1.54, 1.807) is 18.6 Å². The molecule has 1 aromatic heterocycles. The van der Waals surface area contributed by atoms with Gasteiger partial charge in [-0.1, -0.05) is 0 Å². The summed E-state index contributed by atoms with van der Waals surface area (Å²) in [5.41, 5.74) is 2.49. The minimum atomic E-state index is -0.0867. The van der Waals surface area contributed by atoms with E-state index in [2.05, 4.69) is 33.8 Å². The largest absolute Gasteiger partial charge is 0.341 e. The van der Waals surface area contributed by atoms with Crippen molar-refractivity contribution in [2.24, 2.45) is 0 Å². The maximum Gasteiger partial charge on any atom is 0.314 e. The number of aromatic nitrogens is 1. The van der Waals surface area contributed by atoms with Crippen LogP contribution in [0.4, 0.5) is 4.79 Å². The summed E-state index contributed by atoms with van der Waals surface area (Å²) in [5, 5.41) is 5.62. The van der Waals surface area contributed by atoms with Crippen LogP contribution in [0.3, 0.4) is 0 Å². The van der Waals surface area contributed by atoms with Gasteiger partial charge in [0.25, 0.3) is 0 Å². The molecule has 0 spiro atoms. The Morgan fingerprint density at radius 2 is 2.32 bits per heavy atom. The Morgan fingerprint density at radius 3 is 2.95 bits per heavy atom. The standard InChI is InChI=1S/C13H22N4OS/c1-9-12(10(2)19-16-9)8-17-6-4-5-11(7-17)15-13(18)14-3/h11H,4-8H2,1-3H3,(H2,14,15,18)/t11-/m0/s1. The molecule has 1 aliphatic rings. The lowest BCUT2D eigenvalue weighted by Gasteiger charge is -2.33. The predicted molar refractivity (Wildman–Crippen MR) is 77.5 cm³/mol. The van der Waals surface area contributed by atoms with Gasteiger partial charge < -0.3 is 10.6 Å². The van der Waals surface area contributed by atoms with Crippen LogP contribution in [0.15, 0.2) is 0 Å². The molecule has 1 aliphatic heterocycles. The van der Waals surface area contributed by atoms with Gasteiger partial charge in [-0.2, -0.15) is 4.37 Å². The Kier molecular flexibility index (Phi) is 4.76. The number of carbonyl (C=O) groups excluding carboxylic acids is 1. The van der Waals surface area contributed by atoms with Crippen LogP contribution in [0, 0.1) is 13.8 Å². The van der Waals surface area contributed by atoms with Crippen LogP contribution in [0.2, 0.25) is 0 Å². The van der Waals surface area contributed by atoms with Crippen molar-refractivity contribution < 1.29 is 4.79 Å². The number of likely N-dealkylation sites (tertiary alicyclic amines) is 1. The van der Waals surface area contributed by atoms with E-state index in [1.165, 1.54) is 10.4 Å². The maximum absolute atomic E-state index is 11.4. The lowest BCUT2D eigenvalue weighted by Crippen LogP contribution is -2.49. The first kappa shape index (κ1) is 14.3. The number of nitrogens with zero attached hydrogens (tertiary/aromatic N) is 2. The first-order chi connectivity index (χ1) is 9.10. The van der Waals surface area contributed by atoms with E-state index < -0.39 is 0 Å². The normalized spacial score (nSPS) is 20.3. The Morgan fingerprint density at radius 1 is 1.53 bits per heavy atom. The molecule has 0 saturated carbocycles. The molecule has 5 nitrogen and oxygen atoms in total. The molecule has 19 heavy (non-hydrogen) atoms. The number of urea groups is 1. The van der Waals surface area contributed by atoms with Crippen molar-refractivity contribution in [2.75, 3.05) is 20.1 Å². The van der Waals surface area contributed by atoms with Gasteiger partial charge >= 0.3 is 6.03 Å². The van der Waals surface area contributed by atoms with Crippen molar-refractivity contribution in [1.82, 2.24) is 19.9 Å². The Balaban J connectivity index is 1.92. The predicted octanol–water partition coefficient (Wildman–Crippen LogP) is 1.65. The summed E-state index contributed by atoms with van der Waals surface area (Å²) in [6.45, 7) is 7.16. The monoisotopic (exact) mass is 282 g/mol. The highest BCUT2D eigenvalue weighted by molar-refractivity contribution is 7.05. The van der Waals surface area contributed by atoms with Crippen LogP contribution < -0.4 is 10.6 Å². The third-order valence-electron chi connectivity index (χ3n) is 3.63. The molecule has 0 aliphatic carbocycles. The fourth-order valence-corrected chi connectivity index (χ4v) is 3.23. The fraction of sp³-hybridized carbons (Fsp3) is 0.692. The van der Waals surface area contributed by atoms with E-state index in [0.29, 0.717) is 0 Å². The van der Waals surface area contributed by atoms with Gasteiger partial charge in [0.1, 0.15) is 0 Å². The van der Waals surface area contributed by atoms with Crippen LogP contribution in [0.5, 0.6) is 0 Å². The van der Waals surface area contributed by atoms with Gasteiger partial charge in [-0.05, 0) is 44.8 Å². The number of hydrogen-bond acceptors (Lipinski definition) is 4. The molecule has 2 heterocycles. The SMILES string of the molecule is CNC(=O)N[C@H]1CCCN(Cc2c(C)nsc2C)C1. The van der Waals surface area contributed by atoms with Gasteiger partial charge in [0.2, 0.25) is 0 Å². The van der Waals surface area contributed by atoms with Crippen molar-refractivity contribution in [2.45, 2.75) is 39.3 Å². The number of aryl methyl sites for hydroxylation is 2. The molecular weight excluding hydrogens is 260 g/mol. The van der Waals surface area contributed by atoms with E-state index in [0.717, 1.165) is 38.2 Å². The van der Waals surface area contributed by atoms with E-state index in [9.17, 15) is 4.79 Å². The molecule has 0 radical (unpaired) electrons. The second kappa shape index (κ2) is 6.34. The second-order valence-corrected chi connectivity index (χ2v) is 6.08. The van der Waals surface area contributed by atoms with Crippen LogP contribution in [0.1, 0.15) is 29.0 Å². The van der Waals surface area contributed by atoms with Gasteiger partial charge in [-0.25, -0.2) is 4.79 Å². The smallest absolute Gasteiger partial charge is 0.314 e. The van der Waals surface area contributed by atoms with Gasteiger partial charge in [-0.3, -0.25) is 4.90 Å². The molecule has 1 atom stereocenters. The fourth-order valence-electron chi connectivity index (χ4n) is 2.53. The lowest BCUT2D eigenvalue weighted by molar-refractivity contribution is 0.180. The van der Waals surface area contributed by atoms with Crippen LogP contribution >= 0.6 is 11.5 Å². The molecule has 1 aromatic rings. The van der Waals surface area contributed by atoms with Gasteiger partial charge in [0, 0.05) is 36.6 Å². The summed E-state index contributed by atoms with van der Waals surface area (Å²) < 4.78 is 4.40. The zero-order chi connectivity index (χ0) is 13.8. The third-order valence-corrected chi connectivity index (χ3v) is 4.52. The molecular formula is C13H22N4OS. The van der Waals surface area contributed by atoms with E-state index in [1.807, 2.05) is 0 Å². The van der Waals surface area contributed by atoms with E-state index in [-0.39, 0.29) is 12.1 Å². The molecule has 2 rings (SSSR count). The average Bonchev–Trinajstić information content (AvgIpc) is 2.71. The number of rotatable bonds is 3. The van der Waals surface area contributed by atoms with Gasteiger partial charge in [0.05, 0.1) is 5.69 Å². The molecule has 6 heteroatoms. The minimum absolute atomic E-state index is 0.0867. The van der Waals surface area contributed by atoms with Crippen molar-refractivity contribution in [3.63, 3.8) is 0 Å². The topological polar surface area (TPSA) is 57.3 Å². The number of hydrogen-bond donors (Lipinski definition) is 2. The summed E-state index contributed by atoms with van der Waals surface area (Å²) in [6, 6.07) is 0.164. The van der Waals surface area contributed by atoms with Crippen molar-refractivity contribution in [3.05, 3.63) is 16.1 Å². The Labute approximate surface area is 118 Å². The van der Waals surface area contributed by atoms with E-state index >= 15 is 0 Å². The third kappa shape index (κ3) is 3.67. The summed E-state index contributed by atoms with van der Waals surface area (Å²) in [7, 11) is 1.65. The maximum atomic E-state index is 11.4.